The van der Waals surface area contributed by atoms with Crippen LogP contribution in [0.15, 0.2) is 28.6 Å². The van der Waals surface area contributed by atoms with Crippen LogP contribution in [0.3, 0.4) is 0 Å². The molecular formula is C25H41NO7. The van der Waals surface area contributed by atoms with Crippen LogP contribution in [0.2, 0.25) is 0 Å². The second kappa shape index (κ2) is 12.4. The molecule has 0 saturated carbocycles. The fourth-order valence-corrected chi connectivity index (χ4v) is 4.94. The van der Waals surface area contributed by atoms with E-state index in [1.165, 1.54) is 5.70 Å². The van der Waals surface area contributed by atoms with E-state index >= 15 is 0 Å². The van der Waals surface area contributed by atoms with E-state index in [9.17, 15) is 15.3 Å². The molecule has 2 heterocycles. The molecule has 0 radical (unpaired) electrons. The maximum absolute atomic E-state index is 10.1. The zero-order valence-electron chi connectivity index (χ0n) is 19.9. The van der Waals surface area contributed by atoms with Gasteiger partial charge in [0.25, 0.3) is 0 Å². The number of allylic oxidation sites excluding steroid dienone is 4. The van der Waals surface area contributed by atoms with Gasteiger partial charge in [0.1, 0.15) is 24.4 Å². The number of hydrogen-bond acceptors (Lipinski definition) is 8. The molecule has 3 unspecified atom stereocenters. The minimum atomic E-state index is -1.36. The van der Waals surface area contributed by atoms with E-state index in [1.54, 1.807) is 0 Å². The first-order chi connectivity index (χ1) is 15.8. The van der Waals surface area contributed by atoms with E-state index in [0.717, 1.165) is 63.7 Å². The van der Waals surface area contributed by atoms with Crippen LogP contribution in [0.1, 0.15) is 65.2 Å². The lowest BCUT2D eigenvalue weighted by atomic mass is 9.72. The molecule has 2 aliphatic heterocycles. The van der Waals surface area contributed by atoms with Crippen LogP contribution < -0.4 is 0 Å². The summed E-state index contributed by atoms with van der Waals surface area (Å²) in [5.41, 5.74) is 1.26. The van der Waals surface area contributed by atoms with Crippen LogP contribution in [0.25, 0.3) is 0 Å². The molecule has 0 amide bonds. The van der Waals surface area contributed by atoms with Crippen LogP contribution in [-0.4, -0.2) is 77.2 Å². The Morgan fingerprint density at radius 2 is 1.73 bits per heavy atom. The molecule has 0 aromatic heterocycles. The van der Waals surface area contributed by atoms with E-state index in [4.69, 9.17) is 19.3 Å². The smallest absolute Gasteiger partial charge is 0.184 e. The lowest BCUT2D eigenvalue weighted by Crippen LogP contribution is -2.59. The average Bonchev–Trinajstić information content (AvgIpc) is 2.78. The molecule has 3 aliphatic rings. The van der Waals surface area contributed by atoms with E-state index in [2.05, 4.69) is 31.0 Å². The summed E-state index contributed by atoms with van der Waals surface area (Å²) in [6.07, 6.45) is 8.42. The van der Waals surface area contributed by atoms with Gasteiger partial charge in [-0.15, -0.1) is 0 Å². The first-order valence-corrected chi connectivity index (χ1v) is 12.3. The van der Waals surface area contributed by atoms with Gasteiger partial charge in [0, 0.05) is 30.4 Å². The fraction of sp³-hybridized carbons (Fsp3) is 0.800. The predicted molar refractivity (Wildman–Crippen MR) is 125 cm³/mol. The van der Waals surface area contributed by atoms with Gasteiger partial charge in [0.2, 0.25) is 0 Å². The Labute approximate surface area is 197 Å². The Morgan fingerprint density at radius 3 is 2.45 bits per heavy atom. The summed E-state index contributed by atoms with van der Waals surface area (Å²) >= 11 is 0. The predicted octanol–water partition coefficient (Wildman–Crippen LogP) is 2.45. The molecule has 1 fully saturated rings. The second-order valence-electron chi connectivity index (χ2n) is 9.92. The Kier molecular flexibility index (Phi) is 9.91. The number of rotatable bonds is 12. The Balaban J connectivity index is 1.21. The van der Waals surface area contributed by atoms with Crippen molar-refractivity contribution in [3.63, 3.8) is 0 Å². The summed E-state index contributed by atoms with van der Waals surface area (Å²) in [6, 6.07) is 0. The number of nitrogens with zero attached hydrogens (tertiary/aromatic N) is 1. The normalized spacial score (nSPS) is 36.2. The van der Waals surface area contributed by atoms with Crippen molar-refractivity contribution in [2.24, 2.45) is 16.3 Å². The zero-order chi connectivity index (χ0) is 23.8. The van der Waals surface area contributed by atoms with E-state index in [0.29, 0.717) is 12.5 Å². The summed E-state index contributed by atoms with van der Waals surface area (Å²) in [7, 11) is 0. The molecule has 0 bridgehead atoms. The highest BCUT2D eigenvalue weighted by Gasteiger charge is 2.44. The van der Waals surface area contributed by atoms with E-state index in [1.807, 2.05) is 6.21 Å². The minimum absolute atomic E-state index is 0.0921. The first-order valence-electron chi connectivity index (χ1n) is 12.3. The lowest BCUT2D eigenvalue weighted by molar-refractivity contribution is -0.296. The van der Waals surface area contributed by atoms with Gasteiger partial charge < -0.3 is 34.6 Å². The third-order valence-electron chi connectivity index (χ3n) is 6.83. The molecular weight excluding hydrogens is 426 g/mol. The number of ether oxygens (including phenoxy) is 3. The summed E-state index contributed by atoms with van der Waals surface area (Å²) < 4.78 is 16.7. The summed E-state index contributed by atoms with van der Waals surface area (Å²) in [5.74, 6) is 1.57. The van der Waals surface area contributed by atoms with E-state index in [-0.39, 0.29) is 5.41 Å². The van der Waals surface area contributed by atoms with Crippen molar-refractivity contribution in [1.29, 1.82) is 0 Å². The van der Waals surface area contributed by atoms with Gasteiger partial charge in [-0.2, -0.15) is 0 Å². The summed E-state index contributed by atoms with van der Waals surface area (Å²) in [6.45, 7) is 5.12. The van der Waals surface area contributed by atoms with Crippen LogP contribution in [-0.2, 0) is 14.2 Å². The SMILES string of the molecule is CC1C=NC2=CC=C(OCCCCCCCCO[C@H]3C(O)O[C@H](CO)[C@@H](O)[C@@H]3O)CC2(C)C1. The molecule has 1 saturated heterocycles. The van der Waals surface area contributed by atoms with Crippen LogP contribution in [0.5, 0.6) is 0 Å². The molecule has 33 heavy (non-hydrogen) atoms. The number of unbranched alkanes of at least 4 members (excludes halogenated alkanes) is 5. The third kappa shape index (κ3) is 7.10. The van der Waals surface area contributed by atoms with Gasteiger partial charge in [-0.1, -0.05) is 39.5 Å². The van der Waals surface area contributed by atoms with Crippen molar-refractivity contribution < 1.29 is 34.6 Å². The Bertz CT molecular complexity index is 709. The Morgan fingerprint density at radius 1 is 1.03 bits per heavy atom. The Hall–Kier alpha value is -1.29. The van der Waals surface area contributed by atoms with Crippen molar-refractivity contribution in [3.8, 4) is 0 Å². The summed E-state index contributed by atoms with van der Waals surface area (Å²) in [4.78, 5) is 4.61. The van der Waals surface area contributed by atoms with Crippen molar-refractivity contribution in [2.75, 3.05) is 19.8 Å². The van der Waals surface area contributed by atoms with Crippen molar-refractivity contribution in [3.05, 3.63) is 23.6 Å². The zero-order valence-corrected chi connectivity index (χ0v) is 19.9. The maximum atomic E-state index is 10.1. The highest BCUT2D eigenvalue weighted by atomic mass is 16.7. The van der Waals surface area contributed by atoms with E-state index < -0.39 is 37.3 Å². The second-order valence-corrected chi connectivity index (χ2v) is 9.92. The largest absolute Gasteiger partial charge is 0.498 e. The molecule has 0 aromatic carbocycles. The molecule has 1 aliphatic carbocycles. The topological polar surface area (TPSA) is 121 Å². The van der Waals surface area contributed by atoms with Crippen LogP contribution >= 0.6 is 0 Å². The molecule has 4 N–H and O–H groups in total. The molecule has 3 rings (SSSR count). The van der Waals surface area contributed by atoms with Crippen LogP contribution in [0, 0.1) is 11.3 Å². The van der Waals surface area contributed by atoms with Crippen molar-refractivity contribution >= 4 is 6.21 Å². The van der Waals surface area contributed by atoms with Gasteiger partial charge in [-0.3, -0.25) is 4.99 Å². The third-order valence-corrected chi connectivity index (χ3v) is 6.83. The fourth-order valence-electron chi connectivity index (χ4n) is 4.94. The van der Waals surface area contributed by atoms with Crippen molar-refractivity contribution in [2.45, 2.75) is 95.9 Å². The quantitative estimate of drug-likeness (QED) is 0.325. The molecule has 8 nitrogen and oxygen atoms in total. The highest BCUT2D eigenvalue weighted by Crippen LogP contribution is 2.45. The molecule has 188 valence electrons. The molecule has 8 heteroatoms. The monoisotopic (exact) mass is 467 g/mol. The number of hydrogen-bond donors (Lipinski definition) is 4. The van der Waals surface area contributed by atoms with Crippen LogP contribution in [0.4, 0.5) is 0 Å². The van der Waals surface area contributed by atoms with Gasteiger partial charge in [0.05, 0.1) is 19.0 Å². The van der Waals surface area contributed by atoms with Gasteiger partial charge in [0.15, 0.2) is 6.29 Å². The highest BCUT2D eigenvalue weighted by molar-refractivity contribution is 5.64. The number of aliphatic hydroxyl groups is 4. The number of fused-ring (bicyclic) bond motifs is 1. The van der Waals surface area contributed by atoms with Crippen molar-refractivity contribution in [1.82, 2.24) is 0 Å². The molecule has 0 spiro atoms. The average molecular weight is 468 g/mol. The first kappa shape index (κ1) is 26.3. The van der Waals surface area contributed by atoms with Gasteiger partial charge >= 0.3 is 0 Å². The van der Waals surface area contributed by atoms with Gasteiger partial charge in [-0.05, 0) is 37.3 Å². The number of aliphatic imine (C=N–C) groups is 1. The minimum Gasteiger partial charge on any atom is -0.498 e. The molecule has 0 aromatic rings. The summed E-state index contributed by atoms with van der Waals surface area (Å²) in [5, 5.41) is 38.9. The number of aliphatic hydroxyl groups excluding tert-OH is 4. The van der Waals surface area contributed by atoms with Gasteiger partial charge in [-0.25, -0.2) is 0 Å². The lowest BCUT2D eigenvalue weighted by Gasteiger charge is -2.39. The standard InChI is InChI=1S/C25H41NO7/c1-17-13-25(2)14-18(9-10-20(25)26-15-17)31-11-7-5-3-4-6-8-12-32-23-22(29)21(28)19(16-27)33-24(23)30/h9-10,15,17,19,21-24,27-30H,3-8,11-14,16H2,1-2H3/t17?,19-,21-,22+,23-,24?,25?/m1/s1. The molecule has 7 atom stereocenters. The maximum Gasteiger partial charge on any atom is 0.184 e.